The first-order chi connectivity index (χ1) is 9.54. The van der Waals surface area contributed by atoms with E-state index in [1.54, 1.807) is 6.92 Å². The van der Waals surface area contributed by atoms with Crippen LogP contribution in [0.2, 0.25) is 0 Å². The number of hydrogen-bond donors (Lipinski definition) is 1. The zero-order valence-electron chi connectivity index (χ0n) is 12.3. The molecule has 0 aromatic heterocycles. The molecule has 0 saturated carbocycles. The topological polar surface area (TPSA) is 75.7 Å². The van der Waals surface area contributed by atoms with Gasteiger partial charge in [-0.05, 0) is 19.8 Å². The van der Waals surface area contributed by atoms with Crippen LogP contribution in [0, 0.1) is 0 Å². The summed E-state index contributed by atoms with van der Waals surface area (Å²) in [6.07, 6.45) is 4.72. The van der Waals surface area contributed by atoms with E-state index in [4.69, 9.17) is 0 Å². The third kappa shape index (κ3) is 5.59. The van der Waals surface area contributed by atoms with Crippen LogP contribution in [0.1, 0.15) is 45.4 Å². The Morgan fingerprint density at radius 3 is 2.25 bits per heavy atom. The summed E-state index contributed by atoms with van der Waals surface area (Å²) in [4.78, 5) is 36.6. The zero-order chi connectivity index (χ0) is 15.0. The maximum absolute atomic E-state index is 12.0. The number of carbonyl (C=O) groups is 3. The van der Waals surface area contributed by atoms with Gasteiger partial charge in [-0.3, -0.25) is 9.59 Å². The summed E-state index contributed by atoms with van der Waals surface area (Å²) >= 11 is 0. The number of amides is 2. The van der Waals surface area contributed by atoms with Crippen molar-refractivity contribution in [2.24, 2.45) is 0 Å². The lowest BCUT2D eigenvalue weighted by atomic mass is 10.2. The number of hydrogen-bond acceptors (Lipinski definition) is 4. The van der Waals surface area contributed by atoms with Gasteiger partial charge in [0.05, 0.1) is 7.11 Å². The number of esters is 1. The van der Waals surface area contributed by atoms with Crippen LogP contribution in [0.3, 0.4) is 0 Å². The van der Waals surface area contributed by atoms with E-state index in [-0.39, 0.29) is 24.7 Å². The van der Waals surface area contributed by atoms with Crippen molar-refractivity contribution >= 4 is 17.8 Å². The second-order valence-electron chi connectivity index (χ2n) is 5.11. The lowest BCUT2D eigenvalue weighted by Crippen LogP contribution is -2.40. The third-order valence-corrected chi connectivity index (χ3v) is 3.46. The van der Waals surface area contributed by atoms with Gasteiger partial charge in [-0.25, -0.2) is 4.79 Å². The van der Waals surface area contributed by atoms with Crippen LogP contribution in [0.5, 0.6) is 0 Å². The molecule has 114 valence electrons. The maximum Gasteiger partial charge on any atom is 0.328 e. The number of nitrogens with one attached hydrogen (secondary N) is 1. The minimum Gasteiger partial charge on any atom is -0.467 e. The number of nitrogens with zero attached hydrogens (tertiary/aromatic N) is 1. The molecule has 0 spiro atoms. The molecule has 6 heteroatoms. The van der Waals surface area contributed by atoms with E-state index in [2.05, 4.69) is 10.1 Å². The molecule has 1 aliphatic rings. The maximum atomic E-state index is 12.0. The Balaban J connectivity index is 2.29. The molecule has 6 nitrogen and oxygen atoms in total. The van der Waals surface area contributed by atoms with Crippen molar-refractivity contribution in [2.45, 2.75) is 51.5 Å². The minimum absolute atomic E-state index is 0.0211. The van der Waals surface area contributed by atoms with Gasteiger partial charge in [0, 0.05) is 25.9 Å². The van der Waals surface area contributed by atoms with E-state index < -0.39 is 12.0 Å². The lowest BCUT2D eigenvalue weighted by molar-refractivity contribution is -0.144. The van der Waals surface area contributed by atoms with E-state index >= 15 is 0 Å². The van der Waals surface area contributed by atoms with Crippen LogP contribution in [-0.4, -0.2) is 48.9 Å². The quantitative estimate of drug-likeness (QED) is 0.759. The summed E-state index contributed by atoms with van der Waals surface area (Å²) in [5.41, 5.74) is 0. The SMILES string of the molecule is COC(=O)[C@H](C)NC(=O)CCC(=O)N1CCCCCC1. The Morgan fingerprint density at radius 2 is 1.70 bits per heavy atom. The molecule has 0 bridgehead atoms. The highest BCUT2D eigenvalue weighted by molar-refractivity contribution is 5.87. The number of ether oxygens (including phenoxy) is 1. The summed E-state index contributed by atoms with van der Waals surface area (Å²) in [6, 6.07) is -0.680. The largest absolute Gasteiger partial charge is 0.467 e. The molecule has 1 atom stereocenters. The van der Waals surface area contributed by atoms with Crippen LogP contribution in [0.15, 0.2) is 0 Å². The molecule has 0 aromatic rings. The van der Waals surface area contributed by atoms with Crippen molar-refractivity contribution in [1.29, 1.82) is 0 Å². The third-order valence-electron chi connectivity index (χ3n) is 3.46. The van der Waals surface area contributed by atoms with Crippen molar-refractivity contribution in [1.82, 2.24) is 10.2 Å². The summed E-state index contributed by atoms with van der Waals surface area (Å²) < 4.78 is 4.52. The van der Waals surface area contributed by atoms with Crippen LogP contribution >= 0.6 is 0 Å². The summed E-state index contributed by atoms with van der Waals surface area (Å²) in [6.45, 7) is 3.14. The van der Waals surface area contributed by atoms with Crippen molar-refractivity contribution in [3.05, 3.63) is 0 Å². The molecular formula is C14H24N2O4. The number of likely N-dealkylation sites (tertiary alicyclic amines) is 1. The molecule has 0 aromatic carbocycles. The summed E-state index contributed by atoms with van der Waals surface area (Å²) in [7, 11) is 1.27. The Bertz CT molecular complexity index is 349. The highest BCUT2D eigenvalue weighted by Gasteiger charge is 2.19. The van der Waals surface area contributed by atoms with E-state index in [0.717, 1.165) is 25.9 Å². The molecule has 1 fully saturated rings. The molecule has 20 heavy (non-hydrogen) atoms. The minimum atomic E-state index is -0.680. The predicted octanol–water partition coefficient (Wildman–Crippen LogP) is 0.847. The molecule has 1 N–H and O–H groups in total. The molecule has 1 saturated heterocycles. The number of rotatable bonds is 5. The van der Waals surface area contributed by atoms with Crippen LogP contribution in [0.4, 0.5) is 0 Å². The van der Waals surface area contributed by atoms with Gasteiger partial charge in [-0.2, -0.15) is 0 Å². The van der Waals surface area contributed by atoms with Crippen LogP contribution in [-0.2, 0) is 19.1 Å². The number of carbonyl (C=O) groups excluding carboxylic acids is 3. The van der Waals surface area contributed by atoms with E-state index in [0.29, 0.717) is 0 Å². The highest BCUT2D eigenvalue weighted by Crippen LogP contribution is 2.11. The summed E-state index contributed by atoms with van der Waals surface area (Å²) in [5.74, 6) is -0.768. The molecular weight excluding hydrogens is 260 g/mol. The molecule has 1 heterocycles. The van der Waals surface area contributed by atoms with Gasteiger partial charge in [0.15, 0.2) is 0 Å². The zero-order valence-corrected chi connectivity index (χ0v) is 12.3. The van der Waals surface area contributed by atoms with E-state index in [1.807, 2.05) is 4.90 Å². The predicted molar refractivity (Wildman–Crippen MR) is 73.9 cm³/mol. The Morgan fingerprint density at radius 1 is 1.10 bits per heavy atom. The smallest absolute Gasteiger partial charge is 0.328 e. The van der Waals surface area contributed by atoms with Crippen molar-refractivity contribution in [3.8, 4) is 0 Å². The van der Waals surface area contributed by atoms with Gasteiger partial charge < -0.3 is 15.0 Å². The van der Waals surface area contributed by atoms with Crippen LogP contribution < -0.4 is 5.32 Å². The molecule has 1 rings (SSSR count). The first-order valence-electron chi connectivity index (χ1n) is 7.19. The van der Waals surface area contributed by atoms with Crippen molar-refractivity contribution in [3.63, 3.8) is 0 Å². The summed E-state index contributed by atoms with van der Waals surface area (Å²) in [5, 5.41) is 2.52. The van der Waals surface area contributed by atoms with Gasteiger partial charge in [0.25, 0.3) is 0 Å². The van der Waals surface area contributed by atoms with Crippen LogP contribution in [0.25, 0.3) is 0 Å². The van der Waals surface area contributed by atoms with Crippen molar-refractivity contribution in [2.75, 3.05) is 20.2 Å². The standard InChI is InChI=1S/C14H24N2O4/c1-11(14(19)20-2)15-12(17)7-8-13(18)16-9-5-3-4-6-10-16/h11H,3-10H2,1-2H3,(H,15,17)/t11-/m0/s1. The van der Waals surface area contributed by atoms with Gasteiger partial charge in [-0.1, -0.05) is 12.8 Å². The monoisotopic (exact) mass is 284 g/mol. The Hall–Kier alpha value is -1.59. The highest BCUT2D eigenvalue weighted by atomic mass is 16.5. The fourth-order valence-corrected chi connectivity index (χ4v) is 2.25. The molecule has 0 unspecified atom stereocenters. The number of methoxy groups -OCH3 is 1. The van der Waals surface area contributed by atoms with E-state index in [1.165, 1.54) is 20.0 Å². The second kappa shape index (κ2) is 8.55. The fraction of sp³-hybridized carbons (Fsp3) is 0.786. The fourth-order valence-electron chi connectivity index (χ4n) is 2.25. The first-order valence-corrected chi connectivity index (χ1v) is 7.19. The van der Waals surface area contributed by atoms with Crippen molar-refractivity contribution < 1.29 is 19.1 Å². The molecule has 0 radical (unpaired) electrons. The molecule has 0 aliphatic carbocycles. The normalized spacial score (nSPS) is 17.0. The Labute approximate surface area is 119 Å². The van der Waals surface area contributed by atoms with E-state index in [9.17, 15) is 14.4 Å². The van der Waals surface area contributed by atoms with Gasteiger partial charge in [0.1, 0.15) is 6.04 Å². The van der Waals surface area contributed by atoms with Gasteiger partial charge in [0.2, 0.25) is 11.8 Å². The molecule has 2 amide bonds. The Kier molecular flexibility index (Phi) is 7.04. The average Bonchev–Trinajstić information content (AvgIpc) is 2.72. The lowest BCUT2D eigenvalue weighted by Gasteiger charge is -2.20. The second-order valence-corrected chi connectivity index (χ2v) is 5.11. The average molecular weight is 284 g/mol. The first kappa shape index (κ1) is 16.5. The van der Waals surface area contributed by atoms with Gasteiger partial charge in [-0.15, -0.1) is 0 Å². The van der Waals surface area contributed by atoms with Gasteiger partial charge >= 0.3 is 5.97 Å². The molecule has 1 aliphatic heterocycles.